The first-order valence-electron chi connectivity index (χ1n) is 3.93. The van der Waals surface area contributed by atoms with Gasteiger partial charge in [-0.05, 0) is 6.92 Å². The van der Waals surface area contributed by atoms with E-state index >= 15 is 0 Å². The highest BCUT2D eigenvalue weighted by Crippen LogP contribution is 1.73. The number of hydrogen-bond acceptors (Lipinski definition) is 4. The molecule has 4 N–H and O–H groups in total. The summed E-state index contributed by atoms with van der Waals surface area (Å²) in [6.45, 7) is 2.68. The van der Waals surface area contributed by atoms with E-state index in [-0.39, 0.29) is 24.7 Å². The van der Waals surface area contributed by atoms with Gasteiger partial charge in [-0.1, -0.05) is 0 Å². The minimum Gasteiger partial charge on any atom is -0.355 e. The summed E-state index contributed by atoms with van der Waals surface area (Å²) in [7, 11) is -3.43. The molecule has 0 rings (SSSR count). The van der Waals surface area contributed by atoms with E-state index in [1.165, 1.54) is 0 Å². The van der Waals surface area contributed by atoms with Crippen LogP contribution in [0.4, 0.5) is 0 Å². The maximum absolute atomic E-state index is 10.8. The molecule has 0 spiro atoms. The Hall–Kier alpha value is -0.660. The highest BCUT2D eigenvalue weighted by molar-refractivity contribution is 7.89. The molecule has 0 aliphatic heterocycles. The van der Waals surface area contributed by atoms with Gasteiger partial charge in [0.1, 0.15) is 0 Å². The van der Waals surface area contributed by atoms with Crippen LogP contribution in [0.3, 0.4) is 0 Å². The van der Waals surface area contributed by atoms with Gasteiger partial charge in [-0.3, -0.25) is 4.79 Å². The molecule has 0 atom stereocenters. The van der Waals surface area contributed by atoms with E-state index in [0.717, 1.165) is 0 Å². The summed E-state index contributed by atoms with van der Waals surface area (Å²) in [5.41, 5.74) is 0. The summed E-state index contributed by atoms with van der Waals surface area (Å²) in [4.78, 5) is 10.8. The third kappa shape index (κ3) is 9.25. The molecule has 78 valence electrons. The predicted molar refractivity (Wildman–Crippen MR) is 49.5 cm³/mol. The van der Waals surface area contributed by atoms with Crippen molar-refractivity contribution in [2.75, 3.05) is 25.4 Å². The number of likely N-dealkylation sites (N-methyl/N-ethyl adjacent to an activating group) is 1. The smallest absolute Gasteiger partial charge is 0.233 e. The standard InChI is InChI=1S/C6H15N3O3S/c1-2-9-6(10)5-8-3-4-13(7,11)12/h8H,2-5H2,1H3,(H,9,10)(H2,7,11,12). The molecule has 13 heavy (non-hydrogen) atoms. The SMILES string of the molecule is CCNC(=O)CNCCS(N)(=O)=O. The second-order valence-corrected chi connectivity index (χ2v) is 4.23. The summed E-state index contributed by atoms with van der Waals surface area (Å²) in [6, 6.07) is 0. The van der Waals surface area contributed by atoms with Crippen LogP contribution in [0.15, 0.2) is 0 Å². The van der Waals surface area contributed by atoms with Crippen LogP contribution in [-0.2, 0) is 14.8 Å². The lowest BCUT2D eigenvalue weighted by Gasteiger charge is -2.03. The predicted octanol–water partition coefficient (Wildman–Crippen LogP) is -2.00. The van der Waals surface area contributed by atoms with Crippen molar-refractivity contribution < 1.29 is 13.2 Å². The van der Waals surface area contributed by atoms with Crippen LogP contribution in [0.2, 0.25) is 0 Å². The maximum Gasteiger partial charge on any atom is 0.233 e. The molecular formula is C6H15N3O3S. The van der Waals surface area contributed by atoms with E-state index in [1.54, 1.807) is 0 Å². The molecule has 0 saturated heterocycles. The fourth-order valence-electron chi connectivity index (χ4n) is 0.676. The lowest BCUT2D eigenvalue weighted by atomic mass is 10.5. The van der Waals surface area contributed by atoms with Crippen molar-refractivity contribution in [1.82, 2.24) is 10.6 Å². The topological polar surface area (TPSA) is 101 Å². The molecule has 0 heterocycles. The number of carbonyl (C=O) groups is 1. The zero-order valence-corrected chi connectivity index (χ0v) is 8.36. The van der Waals surface area contributed by atoms with Gasteiger partial charge in [0.05, 0.1) is 12.3 Å². The van der Waals surface area contributed by atoms with Crippen molar-refractivity contribution in [3.63, 3.8) is 0 Å². The van der Waals surface area contributed by atoms with Crippen molar-refractivity contribution >= 4 is 15.9 Å². The van der Waals surface area contributed by atoms with Gasteiger partial charge >= 0.3 is 0 Å². The zero-order valence-electron chi connectivity index (χ0n) is 7.54. The summed E-state index contributed by atoms with van der Waals surface area (Å²) in [5, 5.41) is 9.96. The molecular weight excluding hydrogens is 194 g/mol. The summed E-state index contributed by atoms with van der Waals surface area (Å²) < 4.78 is 20.9. The Balaban J connectivity index is 3.41. The zero-order chi connectivity index (χ0) is 10.3. The minimum absolute atomic E-state index is 0.114. The molecule has 7 heteroatoms. The Morgan fingerprint density at radius 3 is 2.54 bits per heavy atom. The van der Waals surface area contributed by atoms with E-state index in [1.807, 2.05) is 6.92 Å². The molecule has 0 aromatic carbocycles. The Labute approximate surface area is 77.9 Å². The van der Waals surface area contributed by atoms with Gasteiger partial charge in [0.2, 0.25) is 15.9 Å². The number of primary sulfonamides is 1. The molecule has 0 bridgehead atoms. The number of amides is 1. The fraction of sp³-hybridized carbons (Fsp3) is 0.833. The van der Waals surface area contributed by atoms with E-state index in [9.17, 15) is 13.2 Å². The average molecular weight is 209 g/mol. The number of nitrogens with one attached hydrogen (secondary N) is 2. The molecule has 1 amide bonds. The minimum atomic E-state index is -3.43. The van der Waals surface area contributed by atoms with Gasteiger partial charge in [0.25, 0.3) is 0 Å². The number of carbonyl (C=O) groups excluding carboxylic acids is 1. The average Bonchev–Trinajstić information content (AvgIpc) is 1.97. The number of hydrogen-bond donors (Lipinski definition) is 3. The van der Waals surface area contributed by atoms with Crippen LogP contribution in [0.25, 0.3) is 0 Å². The second-order valence-electron chi connectivity index (χ2n) is 2.50. The van der Waals surface area contributed by atoms with Crippen LogP contribution in [0.5, 0.6) is 0 Å². The Morgan fingerprint density at radius 1 is 1.46 bits per heavy atom. The van der Waals surface area contributed by atoms with Crippen LogP contribution < -0.4 is 15.8 Å². The lowest BCUT2D eigenvalue weighted by molar-refractivity contribution is -0.120. The van der Waals surface area contributed by atoms with E-state index < -0.39 is 10.0 Å². The van der Waals surface area contributed by atoms with Crippen molar-refractivity contribution in [1.29, 1.82) is 0 Å². The van der Waals surface area contributed by atoms with E-state index in [0.29, 0.717) is 6.54 Å². The summed E-state index contributed by atoms with van der Waals surface area (Å²) in [6.07, 6.45) is 0. The Kier molecular flexibility index (Phi) is 5.60. The number of rotatable bonds is 6. The van der Waals surface area contributed by atoms with Gasteiger partial charge in [-0.15, -0.1) is 0 Å². The first kappa shape index (κ1) is 12.3. The number of sulfonamides is 1. The third-order valence-corrected chi connectivity index (χ3v) is 2.00. The summed E-state index contributed by atoms with van der Waals surface area (Å²) >= 11 is 0. The van der Waals surface area contributed by atoms with Crippen molar-refractivity contribution in [3.05, 3.63) is 0 Å². The molecule has 0 radical (unpaired) electrons. The third-order valence-electron chi connectivity index (χ3n) is 1.22. The molecule has 0 aromatic heterocycles. The van der Waals surface area contributed by atoms with Crippen molar-refractivity contribution in [2.24, 2.45) is 5.14 Å². The normalized spacial score (nSPS) is 11.2. The Morgan fingerprint density at radius 2 is 2.08 bits per heavy atom. The molecule has 0 aliphatic carbocycles. The van der Waals surface area contributed by atoms with Crippen LogP contribution >= 0.6 is 0 Å². The van der Waals surface area contributed by atoms with Gasteiger partial charge in [0.15, 0.2) is 0 Å². The van der Waals surface area contributed by atoms with Gasteiger partial charge in [-0.2, -0.15) is 0 Å². The van der Waals surface area contributed by atoms with Crippen LogP contribution in [0, 0.1) is 0 Å². The van der Waals surface area contributed by atoms with Crippen molar-refractivity contribution in [3.8, 4) is 0 Å². The van der Waals surface area contributed by atoms with Crippen LogP contribution in [0.1, 0.15) is 6.92 Å². The quantitative estimate of drug-likeness (QED) is 0.440. The second kappa shape index (κ2) is 5.90. The van der Waals surface area contributed by atoms with Gasteiger partial charge in [0, 0.05) is 13.1 Å². The van der Waals surface area contributed by atoms with E-state index in [2.05, 4.69) is 10.6 Å². The number of nitrogens with two attached hydrogens (primary N) is 1. The summed E-state index contributed by atoms with van der Waals surface area (Å²) in [5.74, 6) is -0.316. The maximum atomic E-state index is 10.8. The molecule has 0 saturated carbocycles. The molecule has 0 fully saturated rings. The molecule has 0 aromatic rings. The largest absolute Gasteiger partial charge is 0.355 e. The first-order valence-corrected chi connectivity index (χ1v) is 5.65. The Bertz CT molecular complexity index is 250. The van der Waals surface area contributed by atoms with Gasteiger partial charge in [-0.25, -0.2) is 13.6 Å². The molecule has 0 unspecified atom stereocenters. The highest BCUT2D eigenvalue weighted by atomic mass is 32.2. The monoisotopic (exact) mass is 209 g/mol. The highest BCUT2D eigenvalue weighted by Gasteiger charge is 2.02. The van der Waals surface area contributed by atoms with Crippen molar-refractivity contribution in [2.45, 2.75) is 6.92 Å². The van der Waals surface area contributed by atoms with Gasteiger partial charge < -0.3 is 10.6 Å². The molecule has 0 aliphatic rings. The molecule has 6 nitrogen and oxygen atoms in total. The van der Waals surface area contributed by atoms with E-state index in [4.69, 9.17) is 5.14 Å². The van der Waals surface area contributed by atoms with Crippen LogP contribution in [-0.4, -0.2) is 39.7 Å². The fourth-order valence-corrected chi connectivity index (χ4v) is 1.10. The first-order chi connectivity index (χ1) is 5.95. The lowest BCUT2D eigenvalue weighted by Crippen LogP contribution is -2.36.